The van der Waals surface area contributed by atoms with Crippen LogP contribution < -0.4 is 10.1 Å². The minimum Gasteiger partial charge on any atom is -0.488 e. The van der Waals surface area contributed by atoms with E-state index in [0.717, 1.165) is 37.4 Å². The van der Waals surface area contributed by atoms with Crippen molar-refractivity contribution in [3.8, 4) is 5.75 Å². The molecule has 1 aliphatic heterocycles. The van der Waals surface area contributed by atoms with E-state index in [1.807, 2.05) is 0 Å². The first-order chi connectivity index (χ1) is 9.04. The molecule has 1 aromatic carbocycles. The van der Waals surface area contributed by atoms with E-state index in [0.29, 0.717) is 6.04 Å². The summed E-state index contributed by atoms with van der Waals surface area (Å²) in [7, 11) is 2.09. The molecule has 0 radical (unpaired) electrons. The number of ether oxygens (including phenoxy) is 1. The predicted octanol–water partition coefficient (Wildman–Crippen LogP) is 2.06. The first kappa shape index (κ1) is 14.3. The van der Waals surface area contributed by atoms with E-state index in [-0.39, 0.29) is 11.9 Å². The Kier molecular flexibility index (Phi) is 4.77. The van der Waals surface area contributed by atoms with Gasteiger partial charge in [-0.15, -0.1) is 0 Å². The molecule has 1 atom stereocenters. The van der Waals surface area contributed by atoms with Gasteiger partial charge in [-0.3, -0.25) is 0 Å². The molecular weight excluding hydrogens is 243 g/mol. The lowest BCUT2D eigenvalue weighted by atomic mass is 10.1. The molecule has 4 heteroatoms. The molecule has 0 bridgehead atoms. The van der Waals surface area contributed by atoms with Gasteiger partial charge in [0.05, 0.1) is 0 Å². The maximum atomic E-state index is 13.1. The van der Waals surface area contributed by atoms with Crippen molar-refractivity contribution in [2.24, 2.45) is 0 Å². The molecule has 3 nitrogen and oxygen atoms in total. The molecule has 0 amide bonds. The third kappa shape index (κ3) is 4.18. The van der Waals surface area contributed by atoms with E-state index in [1.54, 1.807) is 12.1 Å². The summed E-state index contributed by atoms with van der Waals surface area (Å²) in [6, 6.07) is 5.28. The molecule has 0 aromatic heterocycles. The van der Waals surface area contributed by atoms with Gasteiger partial charge in [-0.25, -0.2) is 4.39 Å². The largest absolute Gasteiger partial charge is 0.488 e. The minimum absolute atomic E-state index is 0.140. The van der Waals surface area contributed by atoms with Gasteiger partial charge in [-0.05, 0) is 25.2 Å². The highest BCUT2D eigenvalue weighted by atomic mass is 19.1. The molecule has 1 unspecified atom stereocenters. The number of hydrogen-bond donors (Lipinski definition) is 1. The average molecular weight is 266 g/mol. The number of rotatable bonds is 6. The molecule has 1 aromatic rings. The average Bonchev–Trinajstić information content (AvgIpc) is 2.69. The molecule has 106 valence electrons. The first-order valence-corrected chi connectivity index (χ1v) is 6.91. The number of fused-ring (bicyclic) bond motifs is 1. The maximum absolute atomic E-state index is 13.1. The van der Waals surface area contributed by atoms with E-state index in [2.05, 4.69) is 31.1 Å². The van der Waals surface area contributed by atoms with Crippen LogP contribution in [0.3, 0.4) is 0 Å². The van der Waals surface area contributed by atoms with Crippen molar-refractivity contribution in [2.45, 2.75) is 32.4 Å². The van der Waals surface area contributed by atoms with Crippen molar-refractivity contribution in [2.75, 3.05) is 26.7 Å². The molecule has 1 N–H and O–H groups in total. The molecular formula is C15H23FN2O. The van der Waals surface area contributed by atoms with E-state index in [1.165, 1.54) is 6.07 Å². The summed E-state index contributed by atoms with van der Waals surface area (Å²) >= 11 is 0. The van der Waals surface area contributed by atoms with Crippen molar-refractivity contribution in [3.05, 3.63) is 29.6 Å². The second-order valence-electron chi connectivity index (χ2n) is 5.57. The number of halogens is 1. The van der Waals surface area contributed by atoms with Gasteiger partial charge in [0.1, 0.15) is 17.7 Å². The summed E-state index contributed by atoms with van der Waals surface area (Å²) in [5.74, 6) is 0.651. The highest BCUT2D eigenvalue weighted by Crippen LogP contribution is 2.29. The van der Waals surface area contributed by atoms with E-state index in [4.69, 9.17) is 4.74 Å². The van der Waals surface area contributed by atoms with Crippen molar-refractivity contribution in [3.63, 3.8) is 0 Å². The number of nitrogens with one attached hydrogen (secondary N) is 1. The number of nitrogens with zero attached hydrogens (tertiary/aromatic N) is 1. The van der Waals surface area contributed by atoms with Crippen LogP contribution in [-0.2, 0) is 6.42 Å². The number of hydrogen-bond acceptors (Lipinski definition) is 3. The quantitative estimate of drug-likeness (QED) is 0.853. The standard InChI is InChI=1S/C15H23FN2O/c1-11(2)17-6-7-18(3)10-14-9-12-8-13(16)4-5-15(12)19-14/h4-5,8,11,14,17H,6-7,9-10H2,1-3H3. The Morgan fingerprint density at radius 3 is 3.00 bits per heavy atom. The molecule has 0 saturated carbocycles. The fraction of sp³-hybridized carbons (Fsp3) is 0.600. The number of likely N-dealkylation sites (N-methyl/N-ethyl adjacent to an activating group) is 1. The summed E-state index contributed by atoms with van der Waals surface area (Å²) in [5.41, 5.74) is 0.985. The Morgan fingerprint density at radius 1 is 1.47 bits per heavy atom. The second-order valence-corrected chi connectivity index (χ2v) is 5.57. The van der Waals surface area contributed by atoms with Crippen LogP contribution in [0.5, 0.6) is 5.75 Å². The highest BCUT2D eigenvalue weighted by Gasteiger charge is 2.24. The van der Waals surface area contributed by atoms with Crippen molar-refractivity contribution >= 4 is 0 Å². The lowest BCUT2D eigenvalue weighted by molar-refractivity contribution is 0.168. The van der Waals surface area contributed by atoms with Crippen LogP contribution in [0.4, 0.5) is 4.39 Å². The third-order valence-electron chi connectivity index (χ3n) is 3.33. The Hall–Kier alpha value is -1.13. The minimum atomic E-state index is -0.183. The van der Waals surface area contributed by atoms with E-state index < -0.39 is 0 Å². The van der Waals surface area contributed by atoms with Gasteiger partial charge in [-0.2, -0.15) is 0 Å². The van der Waals surface area contributed by atoms with Gasteiger partial charge < -0.3 is 15.0 Å². The van der Waals surface area contributed by atoms with Gasteiger partial charge in [0.15, 0.2) is 0 Å². The number of benzene rings is 1. The fourth-order valence-electron chi connectivity index (χ4n) is 2.37. The molecule has 0 spiro atoms. The molecule has 0 fully saturated rings. The monoisotopic (exact) mass is 266 g/mol. The van der Waals surface area contributed by atoms with Crippen LogP contribution in [0.25, 0.3) is 0 Å². The van der Waals surface area contributed by atoms with Gasteiger partial charge in [0.2, 0.25) is 0 Å². The SMILES string of the molecule is CC(C)NCCN(C)CC1Cc2cc(F)ccc2O1. The van der Waals surface area contributed by atoms with E-state index >= 15 is 0 Å². The third-order valence-corrected chi connectivity index (χ3v) is 3.33. The molecule has 0 aliphatic carbocycles. The topological polar surface area (TPSA) is 24.5 Å². The van der Waals surface area contributed by atoms with Gasteiger partial charge >= 0.3 is 0 Å². The van der Waals surface area contributed by atoms with Gasteiger partial charge in [0.25, 0.3) is 0 Å². The Balaban J connectivity index is 1.77. The maximum Gasteiger partial charge on any atom is 0.123 e. The van der Waals surface area contributed by atoms with Crippen molar-refractivity contribution < 1.29 is 9.13 Å². The van der Waals surface area contributed by atoms with Crippen molar-refractivity contribution in [1.82, 2.24) is 10.2 Å². The fourth-order valence-corrected chi connectivity index (χ4v) is 2.37. The predicted molar refractivity (Wildman–Crippen MR) is 75.2 cm³/mol. The molecule has 1 heterocycles. The van der Waals surface area contributed by atoms with Crippen molar-refractivity contribution in [1.29, 1.82) is 0 Å². The zero-order valence-electron chi connectivity index (χ0n) is 11.9. The second kappa shape index (κ2) is 6.35. The summed E-state index contributed by atoms with van der Waals surface area (Å²) in [6.07, 6.45) is 0.940. The Bertz CT molecular complexity index is 423. The highest BCUT2D eigenvalue weighted by molar-refractivity contribution is 5.37. The van der Waals surface area contributed by atoms with Gasteiger partial charge in [-0.1, -0.05) is 13.8 Å². The van der Waals surface area contributed by atoms with Crippen LogP contribution in [0.15, 0.2) is 18.2 Å². The van der Waals surface area contributed by atoms with Gasteiger partial charge in [0, 0.05) is 37.7 Å². The normalized spacial score (nSPS) is 17.9. The summed E-state index contributed by atoms with van der Waals surface area (Å²) in [6.45, 7) is 7.12. The van der Waals surface area contributed by atoms with E-state index in [9.17, 15) is 4.39 Å². The smallest absolute Gasteiger partial charge is 0.123 e. The summed E-state index contributed by atoms with van der Waals surface area (Å²) in [4.78, 5) is 2.25. The molecule has 19 heavy (non-hydrogen) atoms. The Labute approximate surface area is 114 Å². The molecule has 0 saturated heterocycles. The lowest BCUT2D eigenvalue weighted by Gasteiger charge is -2.21. The van der Waals surface area contributed by atoms with Crippen LogP contribution in [0, 0.1) is 5.82 Å². The van der Waals surface area contributed by atoms with Crippen LogP contribution >= 0.6 is 0 Å². The Morgan fingerprint density at radius 2 is 2.26 bits per heavy atom. The lowest BCUT2D eigenvalue weighted by Crippen LogP contribution is -2.37. The van der Waals surface area contributed by atoms with Crippen LogP contribution in [0.1, 0.15) is 19.4 Å². The molecule has 2 rings (SSSR count). The zero-order chi connectivity index (χ0) is 13.8. The van der Waals surface area contributed by atoms with Crippen LogP contribution in [0.2, 0.25) is 0 Å². The first-order valence-electron chi connectivity index (χ1n) is 6.91. The summed E-state index contributed by atoms with van der Waals surface area (Å²) in [5, 5.41) is 3.39. The van der Waals surface area contributed by atoms with Crippen LogP contribution in [-0.4, -0.2) is 43.7 Å². The zero-order valence-corrected chi connectivity index (χ0v) is 11.9. The summed E-state index contributed by atoms with van der Waals surface area (Å²) < 4.78 is 19.0. The molecule has 1 aliphatic rings.